The van der Waals surface area contributed by atoms with Crippen LogP contribution in [0.3, 0.4) is 0 Å². The second-order valence-electron chi connectivity index (χ2n) is 7.09. The fraction of sp³-hybridized carbons (Fsp3) is 0.273. The van der Waals surface area contributed by atoms with Crippen LogP contribution in [-0.4, -0.2) is 33.8 Å². The first-order valence-corrected chi connectivity index (χ1v) is 10.9. The molecule has 0 atom stereocenters. The van der Waals surface area contributed by atoms with Crippen LogP contribution in [0.2, 0.25) is 0 Å². The van der Waals surface area contributed by atoms with Crippen LogP contribution in [-0.2, 0) is 6.42 Å². The minimum absolute atomic E-state index is 0.273. The summed E-state index contributed by atoms with van der Waals surface area (Å²) in [6, 6.07) is 10.1. The average molecular weight is 434 g/mol. The number of rotatable bonds is 9. The van der Waals surface area contributed by atoms with Crippen molar-refractivity contribution in [2.45, 2.75) is 25.7 Å². The highest BCUT2D eigenvalue weighted by molar-refractivity contribution is 7.17. The van der Waals surface area contributed by atoms with Crippen LogP contribution in [0.5, 0.6) is 5.75 Å². The van der Waals surface area contributed by atoms with Gasteiger partial charge >= 0.3 is 0 Å². The fourth-order valence-corrected chi connectivity index (χ4v) is 4.42. The van der Waals surface area contributed by atoms with Gasteiger partial charge < -0.3 is 15.8 Å². The molecule has 8 nitrogen and oxygen atoms in total. The van der Waals surface area contributed by atoms with E-state index in [1.54, 1.807) is 24.8 Å². The van der Waals surface area contributed by atoms with Gasteiger partial charge in [-0.3, -0.25) is 5.10 Å². The van der Waals surface area contributed by atoms with Gasteiger partial charge in [-0.1, -0.05) is 18.6 Å². The van der Waals surface area contributed by atoms with Gasteiger partial charge in [-0.25, -0.2) is 9.97 Å². The van der Waals surface area contributed by atoms with Crippen LogP contribution in [0.4, 0.5) is 11.6 Å². The molecule has 0 unspecified atom stereocenters. The predicted octanol–water partition coefficient (Wildman–Crippen LogP) is 4.37. The molecule has 31 heavy (non-hydrogen) atoms. The van der Waals surface area contributed by atoms with Crippen LogP contribution < -0.4 is 15.8 Å². The van der Waals surface area contributed by atoms with Crippen molar-refractivity contribution in [2.24, 2.45) is 0 Å². The summed E-state index contributed by atoms with van der Waals surface area (Å²) in [5.41, 5.74) is 9.18. The Bertz CT molecular complexity index is 1210. The monoisotopic (exact) mass is 433 g/mol. The van der Waals surface area contributed by atoms with Gasteiger partial charge in [0.05, 0.1) is 18.2 Å². The molecule has 3 heterocycles. The number of fused-ring (bicyclic) bond motifs is 1. The van der Waals surface area contributed by atoms with Crippen molar-refractivity contribution in [1.29, 1.82) is 5.26 Å². The number of benzene rings is 1. The number of ether oxygens (including phenoxy) is 1. The van der Waals surface area contributed by atoms with Gasteiger partial charge in [0.1, 0.15) is 34.4 Å². The maximum absolute atomic E-state index is 9.14. The Morgan fingerprint density at radius 2 is 2.03 bits per heavy atom. The number of nitriles is 1. The molecule has 9 heteroatoms. The van der Waals surface area contributed by atoms with Crippen molar-refractivity contribution in [3.8, 4) is 22.9 Å². The molecule has 0 spiro atoms. The molecule has 0 fully saturated rings. The zero-order chi connectivity index (χ0) is 21.6. The summed E-state index contributed by atoms with van der Waals surface area (Å²) >= 11 is 1.61. The minimum atomic E-state index is 0.273. The highest BCUT2D eigenvalue weighted by Gasteiger charge is 2.13. The quantitative estimate of drug-likeness (QED) is 0.335. The van der Waals surface area contributed by atoms with E-state index in [0.29, 0.717) is 5.56 Å². The molecule has 0 aliphatic heterocycles. The number of nitrogens with zero attached hydrogens (tertiary/aromatic N) is 4. The number of nitrogens with two attached hydrogens (primary N) is 1. The van der Waals surface area contributed by atoms with Gasteiger partial charge in [0.15, 0.2) is 5.82 Å². The highest BCUT2D eigenvalue weighted by Crippen LogP contribution is 2.37. The van der Waals surface area contributed by atoms with Gasteiger partial charge in [-0.05, 0) is 37.0 Å². The Morgan fingerprint density at radius 1 is 1.19 bits per heavy atom. The van der Waals surface area contributed by atoms with Crippen LogP contribution in [0.1, 0.15) is 30.5 Å². The molecule has 0 amide bonds. The number of aryl methyl sites for hydroxylation is 1. The largest absolute Gasteiger partial charge is 0.497 e. The zero-order valence-electron chi connectivity index (χ0n) is 17.2. The molecule has 4 aromatic rings. The van der Waals surface area contributed by atoms with Crippen molar-refractivity contribution < 1.29 is 4.74 Å². The first-order valence-electron chi connectivity index (χ1n) is 10.0. The topological polar surface area (TPSA) is 126 Å². The van der Waals surface area contributed by atoms with E-state index in [9.17, 15) is 0 Å². The molecule has 0 saturated heterocycles. The third-order valence-electron chi connectivity index (χ3n) is 5.15. The number of anilines is 2. The fourth-order valence-electron chi connectivity index (χ4n) is 3.50. The van der Waals surface area contributed by atoms with Crippen molar-refractivity contribution in [3.63, 3.8) is 0 Å². The van der Waals surface area contributed by atoms with E-state index in [0.717, 1.165) is 70.8 Å². The van der Waals surface area contributed by atoms with Crippen LogP contribution in [0.15, 0.2) is 36.0 Å². The highest BCUT2D eigenvalue weighted by atomic mass is 32.1. The lowest BCUT2D eigenvalue weighted by atomic mass is 10.1. The Balaban J connectivity index is 1.37. The van der Waals surface area contributed by atoms with Crippen molar-refractivity contribution in [3.05, 3.63) is 47.2 Å². The van der Waals surface area contributed by atoms with E-state index >= 15 is 0 Å². The third kappa shape index (κ3) is 4.44. The molecule has 0 bridgehead atoms. The number of hydrogen-bond donors (Lipinski definition) is 3. The molecule has 4 rings (SSSR count). The van der Waals surface area contributed by atoms with Crippen molar-refractivity contribution >= 4 is 33.2 Å². The Kier molecular flexibility index (Phi) is 6.29. The van der Waals surface area contributed by atoms with Crippen LogP contribution in [0, 0.1) is 11.3 Å². The number of aromatic nitrogens is 4. The number of H-pyrrole nitrogens is 1. The zero-order valence-corrected chi connectivity index (χ0v) is 18.0. The summed E-state index contributed by atoms with van der Waals surface area (Å²) in [5, 5.41) is 22.5. The minimum Gasteiger partial charge on any atom is -0.497 e. The van der Waals surface area contributed by atoms with Gasteiger partial charge in [0.25, 0.3) is 0 Å². The standard InChI is InChI=1S/C22H23N7OS/c1-30-15-8-6-14(7-9-15)17-12-31-22-19(17)21(26-13-27-22)25-10-4-2-3-5-18-16(11-23)20(24)29-28-18/h6-9,12-13H,2-5,10H2,1H3,(H3,24,28,29)(H,25,26,27). The summed E-state index contributed by atoms with van der Waals surface area (Å²) in [6.07, 6.45) is 5.31. The van der Waals surface area contributed by atoms with Gasteiger partial charge in [0, 0.05) is 17.5 Å². The van der Waals surface area contributed by atoms with E-state index < -0.39 is 0 Å². The van der Waals surface area contributed by atoms with Gasteiger partial charge in [-0.15, -0.1) is 11.3 Å². The second kappa shape index (κ2) is 9.45. The molecule has 1 aromatic carbocycles. The maximum atomic E-state index is 9.14. The number of thiophene rings is 1. The van der Waals surface area contributed by atoms with E-state index in [2.05, 4.69) is 49.1 Å². The van der Waals surface area contributed by atoms with Gasteiger partial charge in [0.2, 0.25) is 0 Å². The molecular formula is C22H23N7OS. The lowest BCUT2D eigenvalue weighted by Crippen LogP contribution is -2.04. The number of unbranched alkanes of at least 4 members (excludes halogenated alkanes) is 2. The summed E-state index contributed by atoms with van der Waals surface area (Å²) in [7, 11) is 1.66. The molecular weight excluding hydrogens is 410 g/mol. The summed E-state index contributed by atoms with van der Waals surface area (Å²) < 4.78 is 5.26. The molecule has 158 valence electrons. The molecule has 0 saturated carbocycles. The van der Waals surface area contributed by atoms with E-state index in [1.807, 2.05) is 12.1 Å². The number of aromatic amines is 1. The summed E-state index contributed by atoms with van der Waals surface area (Å²) in [6.45, 7) is 0.806. The lowest BCUT2D eigenvalue weighted by molar-refractivity contribution is 0.415. The smallest absolute Gasteiger partial charge is 0.163 e. The van der Waals surface area contributed by atoms with E-state index in [4.69, 9.17) is 15.7 Å². The average Bonchev–Trinajstić information content (AvgIpc) is 3.39. The Labute approximate surface area is 184 Å². The lowest BCUT2D eigenvalue weighted by Gasteiger charge is -2.09. The summed E-state index contributed by atoms with van der Waals surface area (Å²) in [4.78, 5) is 9.88. The van der Waals surface area contributed by atoms with Crippen LogP contribution in [0.25, 0.3) is 21.3 Å². The molecule has 0 radical (unpaired) electrons. The first-order chi connectivity index (χ1) is 15.2. The summed E-state index contributed by atoms with van der Waals surface area (Å²) in [5.74, 6) is 1.96. The predicted molar refractivity (Wildman–Crippen MR) is 123 cm³/mol. The normalized spacial score (nSPS) is 10.8. The third-order valence-corrected chi connectivity index (χ3v) is 6.03. The SMILES string of the molecule is COc1ccc(-c2csc3ncnc(NCCCCCc4[nH]nc(N)c4C#N)c23)cc1. The van der Waals surface area contributed by atoms with Crippen molar-refractivity contribution in [2.75, 3.05) is 24.7 Å². The Hall–Kier alpha value is -3.64. The first kappa shape index (κ1) is 20.6. The number of nitrogens with one attached hydrogen (secondary N) is 2. The number of nitrogen functional groups attached to an aromatic ring is 1. The number of hydrogen-bond acceptors (Lipinski definition) is 8. The van der Waals surface area contributed by atoms with E-state index in [-0.39, 0.29) is 5.82 Å². The van der Waals surface area contributed by atoms with Gasteiger partial charge in [-0.2, -0.15) is 10.4 Å². The molecule has 0 aliphatic carbocycles. The van der Waals surface area contributed by atoms with E-state index in [1.165, 1.54) is 0 Å². The molecule has 3 aromatic heterocycles. The maximum Gasteiger partial charge on any atom is 0.163 e. The number of methoxy groups -OCH3 is 1. The van der Waals surface area contributed by atoms with Crippen molar-refractivity contribution in [1.82, 2.24) is 20.2 Å². The molecule has 4 N–H and O–H groups in total. The molecule has 0 aliphatic rings. The Morgan fingerprint density at radius 3 is 2.81 bits per heavy atom. The second-order valence-corrected chi connectivity index (χ2v) is 7.95. The van der Waals surface area contributed by atoms with Crippen LogP contribution >= 0.6 is 11.3 Å².